The van der Waals surface area contributed by atoms with Gasteiger partial charge in [-0.25, -0.2) is 0 Å². The highest BCUT2D eigenvalue weighted by Gasteiger charge is 2.17. The molecule has 1 N–H and O–H groups in total. The number of nitrogens with one attached hydrogen (secondary N) is 1. The van der Waals surface area contributed by atoms with E-state index in [2.05, 4.69) is 4.98 Å². The second kappa shape index (κ2) is 2.20. The number of fused-ring (bicyclic) bond motifs is 1. The molecule has 0 aromatic carbocycles. The van der Waals surface area contributed by atoms with Crippen molar-refractivity contribution in [1.82, 2.24) is 4.98 Å². The fourth-order valence-corrected chi connectivity index (χ4v) is 1.02. The van der Waals surface area contributed by atoms with Crippen LogP contribution in [0.15, 0.2) is 6.20 Å². The van der Waals surface area contributed by atoms with E-state index in [1.54, 1.807) is 6.20 Å². The van der Waals surface area contributed by atoms with Crippen molar-refractivity contribution in [2.24, 2.45) is 0 Å². The molecule has 0 bridgehead atoms. The van der Waals surface area contributed by atoms with E-state index in [4.69, 9.17) is 14.7 Å². The van der Waals surface area contributed by atoms with Crippen molar-refractivity contribution in [3.05, 3.63) is 11.9 Å². The first-order valence-electron chi connectivity index (χ1n) is 3.29. The van der Waals surface area contributed by atoms with E-state index in [-0.39, 0.29) is 0 Å². The number of nitriles is 1. The lowest BCUT2D eigenvalue weighted by atomic mass is 10.4. The standard InChI is InChI=1S/C7H6N2O2/c8-3-5-7-6(4-9-5)10-1-2-11-7/h4,9H,1-2H2. The Kier molecular flexibility index (Phi) is 1.22. The number of rotatable bonds is 0. The number of aromatic amines is 1. The molecule has 0 saturated heterocycles. The van der Waals surface area contributed by atoms with Gasteiger partial charge in [0.1, 0.15) is 19.3 Å². The zero-order valence-electron chi connectivity index (χ0n) is 5.76. The summed E-state index contributed by atoms with van der Waals surface area (Å²) in [6, 6.07) is 1.97. The molecule has 0 unspecified atom stereocenters. The van der Waals surface area contributed by atoms with Crippen LogP contribution in [0.4, 0.5) is 0 Å². The second-order valence-electron chi connectivity index (χ2n) is 2.17. The SMILES string of the molecule is N#Cc1[nH]cc2c1OCCO2. The van der Waals surface area contributed by atoms with Crippen molar-refractivity contribution < 1.29 is 9.47 Å². The van der Waals surface area contributed by atoms with Crippen LogP contribution in [-0.4, -0.2) is 18.2 Å². The Morgan fingerprint density at radius 1 is 1.45 bits per heavy atom. The van der Waals surface area contributed by atoms with Crippen LogP contribution in [0.1, 0.15) is 5.69 Å². The van der Waals surface area contributed by atoms with Crippen molar-refractivity contribution in [2.45, 2.75) is 0 Å². The molecule has 1 aliphatic rings. The van der Waals surface area contributed by atoms with Gasteiger partial charge in [0, 0.05) is 6.20 Å². The predicted molar refractivity (Wildman–Crippen MR) is 36.5 cm³/mol. The van der Waals surface area contributed by atoms with Crippen LogP contribution in [0.3, 0.4) is 0 Å². The molecule has 11 heavy (non-hydrogen) atoms. The molecule has 0 aliphatic carbocycles. The molecule has 0 fully saturated rings. The minimum atomic E-state index is 0.430. The van der Waals surface area contributed by atoms with Crippen LogP contribution in [0.5, 0.6) is 11.5 Å². The lowest BCUT2D eigenvalue weighted by Crippen LogP contribution is -2.14. The lowest BCUT2D eigenvalue weighted by molar-refractivity contribution is 0.173. The molecule has 56 valence electrons. The van der Waals surface area contributed by atoms with E-state index in [1.165, 1.54) is 0 Å². The number of nitrogens with zero attached hydrogens (tertiary/aromatic N) is 1. The van der Waals surface area contributed by atoms with Gasteiger partial charge >= 0.3 is 0 Å². The van der Waals surface area contributed by atoms with Crippen LogP contribution in [0.25, 0.3) is 0 Å². The van der Waals surface area contributed by atoms with Gasteiger partial charge in [0.15, 0.2) is 17.2 Å². The molecule has 2 rings (SSSR count). The first kappa shape index (κ1) is 6.10. The molecule has 1 aromatic rings. The van der Waals surface area contributed by atoms with Gasteiger partial charge in [-0.3, -0.25) is 0 Å². The molecule has 0 saturated carbocycles. The number of aromatic nitrogens is 1. The van der Waals surface area contributed by atoms with Gasteiger partial charge in [0.25, 0.3) is 0 Å². The first-order chi connectivity index (χ1) is 5.42. The van der Waals surface area contributed by atoms with Crippen molar-refractivity contribution >= 4 is 0 Å². The minimum Gasteiger partial charge on any atom is -0.484 e. The summed E-state index contributed by atoms with van der Waals surface area (Å²) >= 11 is 0. The Hall–Kier alpha value is -1.63. The monoisotopic (exact) mass is 150 g/mol. The Bertz CT molecular complexity index is 311. The quantitative estimate of drug-likeness (QED) is 0.591. The Morgan fingerprint density at radius 3 is 3.09 bits per heavy atom. The Labute approximate surface area is 63.3 Å². The smallest absolute Gasteiger partial charge is 0.197 e. The van der Waals surface area contributed by atoms with Crippen molar-refractivity contribution in [3.8, 4) is 17.6 Å². The third-order valence-electron chi connectivity index (χ3n) is 1.50. The van der Waals surface area contributed by atoms with Crippen LogP contribution >= 0.6 is 0 Å². The summed E-state index contributed by atoms with van der Waals surface area (Å²) in [6.07, 6.45) is 1.63. The summed E-state index contributed by atoms with van der Waals surface area (Å²) in [7, 11) is 0. The minimum absolute atomic E-state index is 0.430. The fraction of sp³-hybridized carbons (Fsp3) is 0.286. The average molecular weight is 150 g/mol. The molecule has 0 amide bonds. The van der Waals surface area contributed by atoms with Gasteiger partial charge in [-0.05, 0) is 0 Å². The molecule has 0 radical (unpaired) electrons. The molecule has 0 spiro atoms. The van der Waals surface area contributed by atoms with Crippen LogP contribution in [0.2, 0.25) is 0 Å². The van der Waals surface area contributed by atoms with Gasteiger partial charge in [0.2, 0.25) is 0 Å². The van der Waals surface area contributed by atoms with Crippen LogP contribution in [-0.2, 0) is 0 Å². The largest absolute Gasteiger partial charge is 0.484 e. The van der Waals surface area contributed by atoms with E-state index in [9.17, 15) is 0 Å². The summed E-state index contributed by atoms with van der Waals surface area (Å²) in [5.74, 6) is 1.17. The van der Waals surface area contributed by atoms with E-state index in [0.29, 0.717) is 30.4 Å². The summed E-state index contributed by atoms with van der Waals surface area (Å²) in [6.45, 7) is 1.06. The summed E-state index contributed by atoms with van der Waals surface area (Å²) in [4.78, 5) is 2.75. The highest BCUT2D eigenvalue weighted by Crippen LogP contribution is 2.32. The highest BCUT2D eigenvalue weighted by molar-refractivity contribution is 5.49. The molecule has 2 heterocycles. The number of hydrogen-bond donors (Lipinski definition) is 1. The van der Waals surface area contributed by atoms with Crippen molar-refractivity contribution in [3.63, 3.8) is 0 Å². The van der Waals surface area contributed by atoms with Gasteiger partial charge in [-0.1, -0.05) is 0 Å². The molecular formula is C7H6N2O2. The van der Waals surface area contributed by atoms with Crippen LogP contribution in [0, 0.1) is 11.3 Å². The van der Waals surface area contributed by atoms with E-state index in [1.807, 2.05) is 6.07 Å². The Balaban J connectivity index is 2.48. The molecule has 1 aliphatic heterocycles. The molecule has 4 heteroatoms. The maximum atomic E-state index is 8.57. The lowest BCUT2D eigenvalue weighted by Gasteiger charge is -2.13. The first-order valence-corrected chi connectivity index (χ1v) is 3.29. The maximum absolute atomic E-state index is 8.57. The van der Waals surface area contributed by atoms with Crippen LogP contribution < -0.4 is 9.47 Å². The number of ether oxygens (including phenoxy) is 2. The normalized spacial score (nSPS) is 14.1. The topological polar surface area (TPSA) is 58.0 Å². The Morgan fingerprint density at radius 2 is 2.27 bits per heavy atom. The predicted octanol–water partition coefficient (Wildman–Crippen LogP) is 0.658. The summed E-state index contributed by atoms with van der Waals surface area (Å²) in [5.41, 5.74) is 0.430. The molecule has 0 atom stereocenters. The number of H-pyrrole nitrogens is 1. The maximum Gasteiger partial charge on any atom is 0.197 e. The van der Waals surface area contributed by atoms with Gasteiger partial charge in [-0.2, -0.15) is 5.26 Å². The van der Waals surface area contributed by atoms with Crippen molar-refractivity contribution in [2.75, 3.05) is 13.2 Å². The van der Waals surface area contributed by atoms with E-state index in [0.717, 1.165) is 0 Å². The number of hydrogen-bond acceptors (Lipinski definition) is 3. The third-order valence-corrected chi connectivity index (χ3v) is 1.50. The average Bonchev–Trinajstić information content (AvgIpc) is 2.47. The van der Waals surface area contributed by atoms with E-state index >= 15 is 0 Å². The zero-order valence-corrected chi connectivity index (χ0v) is 5.76. The molecule has 4 nitrogen and oxygen atoms in total. The molecular weight excluding hydrogens is 144 g/mol. The van der Waals surface area contributed by atoms with Gasteiger partial charge in [0.05, 0.1) is 0 Å². The zero-order chi connectivity index (χ0) is 7.68. The third kappa shape index (κ3) is 0.819. The highest BCUT2D eigenvalue weighted by atomic mass is 16.6. The summed E-state index contributed by atoms with van der Waals surface area (Å²) < 4.78 is 10.4. The fourth-order valence-electron chi connectivity index (χ4n) is 1.02. The van der Waals surface area contributed by atoms with Gasteiger partial charge < -0.3 is 14.5 Å². The molecule has 1 aromatic heterocycles. The van der Waals surface area contributed by atoms with Gasteiger partial charge in [-0.15, -0.1) is 0 Å². The summed E-state index contributed by atoms with van der Waals surface area (Å²) in [5, 5.41) is 8.57. The second-order valence-corrected chi connectivity index (χ2v) is 2.17. The van der Waals surface area contributed by atoms with Crippen molar-refractivity contribution in [1.29, 1.82) is 5.26 Å². The van der Waals surface area contributed by atoms with E-state index < -0.39 is 0 Å².